The second-order valence-corrected chi connectivity index (χ2v) is 7.93. The Hall–Kier alpha value is -3.60. The lowest BCUT2D eigenvalue weighted by molar-refractivity contribution is -0.117. The Bertz CT molecular complexity index is 1120. The molecule has 0 saturated heterocycles. The number of benzene rings is 3. The van der Waals surface area contributed by atoms with Gasteiger partial charge < -0.3 is 15.0 Å². The molecule has 31 heavy (non-hydrogen) atoms. The predicted molar refractivity (Wildman–Crippen MR) is 121 cm³/mol. The van der Waals surface area contributed by atoms with E-state index in [1.807, 2.05) is 80.6 Å². The summed E-state index contributed by atoms with van der Waals surface area (Å²) in [6.45, 7) is 4.55. The van der Waals surface area contributed by atoms with E-state index in [0.717, 1.165) is 28.1 Å². The fourth-order valence-corrected chi connectivity index (χ4v) is 3.97. The van der Waals surface area contributed by atoms with Crippen LogP contribution in [0.1, 0.15) is 45.1 Å². The van der Waals surface area contributed by atoms with Crippen molar-refractivity contribution in [3.05, 3.63) is 94.5 Å². The largest absolute Gasteiger partial charge is 0.497 e. The summed E-state index contributed by atoms with van der Waals surface area (Å²) in [7, 11) is 1.62. The van der Waals surface area contributed by atoms with Gasteiger partial charge in [0.15, 0.2) is 0 Å². The van der Waals surface area contributed by atoms with Gasteiger partial charge in [0.2, 0.25) is 5.91 Å². The summed E-state index contributed by atoms with van der Waals surface area (Å²) in [6.07, 6.45) is 0.166. The van der Waals surface area contributed by atoms with Gasteiger partial charge in [0, 0.05) is 17.8 Å². The Morgan fingerprint density at radius 2 is 1.77 bits per heavy atom. The summed E-state index contributed by atoms with van der Waals surface area (Å²) < 4.78 is 5.27. The Labute approximate surface area is 182 Å². The molecule has 5 heteroatoms. The highest BCUT2D eigenvalue weighted by molar-refractivity contribution is 5.99. The van der Waals surface area contributed by atoms with Crippen LogP contribution in [0.2, 0.25) is 0 Å². The van der Waals surface area contributed by atoms with E-state index in [1.165, 1.54) is 5.56 Å². The molecule has 3 aromatic carbocycles. The summed E-state index contributed by atoms with van der Waals surface area (Å²) in [4.78, 5) is 27.9. The van der Waals surface area contributed by atoms with Gasteiger partial charge in [-0.05, 0) is 66.4 Å². The number of ether oxygens (including phenoxy) is 1. The first-order valence-corrected chi connectivity index (χ1v) is 10.4. The lowest BCUT2D eigenvalue weighted by Gasteiger charge is -2.28. The highest BCUT2D eigenvalue weighted by Crippen LogP contribution is 2.34. The molecule has 1 atom stereocenters. The molecular formula is C26H26N2O3. The van der Waals surface area contributed by atoms with E-state index in [0.29, 0.717) is 12.1 Å². The van der Waals surface area contributed by atoms with Crippen molar-refractivity contribution in [3.63, 3.8) is 0 Å². The average molecular weight is 415 g/mol. The molecule has 158 valence electrons. The van der Waals surface area contributed by atoms with Crippen molar-refractivity contribution in [2.45, 2.75) is 32.9 Å². The normalized spacial score (nSPS) is 13.6. The number of rotatable bonds is 6. The van der Waals surface area contributed by atoms with Crippen LogP contribution in [0.25, 0.3) is 0 Å². The van der Waals surface area contributed by atoms with Crippen molar-refractivity contribution in [2.24, 2.45) is 0 Å². The van der Waals surface area contributed by atoms with Gasteiger partial charge in [0.25, 0.3) is 5.91 Å². The molecule has 4 rings (SSSR count). The fourth-order valence-electron chi connectivity index (χ4n) is 3.97. The van der Waals surface area contributed by atoms with Crippen LogP contribution in [-0.4, -0.2) is 23.8 Å². The molecule has 0 saturated carbocycles. The smallest absolute Gasteiger partial charge is 0.255 e. The van der Waals surface area contributed by atoms with Crippen LogP contribution in [0.4, 0.5) is 5.69 Å². The number of amides is 2. The quantitative estimate of drug-likeness (QED) is 0.615. The maximum atomic E-state index is 13.1. The van der Waals surface area contributed by atoms with Crippen LogP contribution in [0.3, 0.4) is 0 Å². The minimum Gasteiger partial charge on any atom is -0.497 e. The van der Waals surface area contributed by atoms with Gasteiger partial charge in [-0.1, -0.05) is 36.4 Å². The van der Waals surface area contributed by atoms with Gasteiger partial charge in [-0.15, -0.1) is 0 Å². The maximum absolute atomic E-state index is 13.1. The second kappa shape index (κ2) is 8.64. The molecule has 1 N–H and O–H groups in total. The number of carbonyl (C=O) groups excluding carboxylic acids is 2. The van der Waals surface area contributed by atoms with Gasteiger partial charge in [-0.2, -0.15) is 0 Å². The van der Waals surface area contributed by atoms with E-state index in [2.05, 4.69) is 5.32 Å². The van der Waals surface area contributed by atoms with Gasteiger partial charge in [-0.25, -0.2) is 0 Å². The zero-order valence-corrected chi connectivity index (χ0v) is 18.0. The number of anilines is 1. The van der Waals surface area contributed by atoms with Crippen molar-refractivity contribution in [3.8, 4) is 5.75 Å². The predicted octanol–water partition coefficient (Wildman–Crippen LogP) is 5.04. The Morgan fingerprint density at radius 1 is 1.03 bits per heavy atom. The Balaban J connectivity index is 1.60. The lowest BCUT2D eigenvalue weighted by atomic mass is 10.0. The summed E-state index contributed by atoms with van der Waals surface area (Å²) in [5.41, 5.74) is 5.65. The minimum absolute atomic E-state index is 0.0459. The van der Waals surface area contributed by atoms with Crippen molar-refractivity contribution in [2.75, 3.05) is 12.4 Å². The van der Waals surface area contributed by atoms with E-state index in [9.17, 15) is 9.59 Å². The molecule has 0 bridgehead atoms. The number of methoxy groups -OCH3 is 1. The van der Waals surface area contributed by atoms with Crippen molar-refractivity contribution in [1.29, 1.82) is 0 Å². The zero-order valence-electron chi connectivity index (χ0n) is 18.0. The molecular weight excluding hydrogens is 388 g/mol. The van der Waals surface area contributed by atoms with Crippen LogP contribution in [0.15, 0.2) is 66.7 Å². The summed E-state index contributed by atoms with van der Waals surface area (Å²) in [5, 5.41) is 2.99. The SMILES string of the molecule is COc1ccc([C@H](CC(=O)Nc2ccc(C)c(C)c2)N2Cc3ccccc3C2=O)cc1. The third kappa shape index (κ3) is 4.31. The summed E-state index contributed by atoms with van der Waals surface area (Å²) in [6, 6.07) is 20.7. The maximum Gasteiger partial charge on any atom is 0.255 e. The van der Waals surface area contributed by atoms with Crippen LogP contribution in [0, 0.1) is 13.8 Å². The van der Waals surface area contributed by atoms with E-state index in [1.54, 1.807) is 12.0 Å². The highest BCUT2D eigenvalue weighted by atomic mass is 16.5. The molecule has 3 aromatic rings. The fraction of sp³-hybridized carbons (Fsp3) is 0.231. The van der Waals surface area contributed by atoms with Gasteiger partial charge in [-0.3, -0.25) is 9.59 Å². The number of hydrogen-bond donors (Lipinski definition) is 1. The molecule has 0 radical (unpaired) electrons. The highest BCUT2D eigenvalue weighted by Gasteiger charge is 2.34. The standard InChI is InChI=1S/C26H26N2O3/c1-17-8-11-21(14-18(17)2)27-25(29)15-24(19-9-12-22(31-3)13-10-19)28-16-20-6-4-5-7-23(20)26(28)30/h4-14,24H,15-16H2,1-3H3,(H,27,29)/t24-/m0/s1. The minimum atomic E-state index is -0.377. The van der Waals surface area contributed by atoms with Gasteiger partial charge >= 0.3 is 0 Å². The molecule has 0 fully saturated rings. The third-order valence-corrected chi connectivity index (χ3v) is 5.90. The number of hydrogen-bond acceptors (Lipinski definition) is 3. The zero-order chi connectivity index (χ0) is 22.0. The monoisotopic (exact) mass is 414 g/mol. The lowest BCUT2D eigenvalue weighted by Crippen LogP contribution is -2.32. The molecule has 5 nitrogen and oxygen atoms in total. The van der Waals surface area contributed by atoms with E-state index < -0.39 is 0 Å². The average Bonchev–Trinajstić information content (AvgIpc) is 3.11. The molecule has 1 aliphatic rings. The number of nitrogens with one attached hydrogen (secondary N) is 1. The van der Waals surface area contributed by atoms with E-state index >= 15 is 0 Å². The number of fused-ring (bicyclic) bond motifs is 1. The first-order chi connectivity index (χ1) is 15.0. The van der Waals surface area contributed by atoms with E-state index in [4.69, 9.17) is 4.74 Å². The van der Waals surface area contributed by atoms with Crippen LogP contribution in [0.5, 0.6) is 5.75 Å². The van der Waals surface area contributed by atoms with E-state index in [-0.39, 0.29) is 24.3 Å². The number of carbonyl (C=O) groups is 2. The molecule has 2 amide bonds. The molecule has 0 aromatic heterocycles. The first kappa shape index (κ1) is 20.7. The first-order valence-electron chi connectivity index (χ1n) is 10.4. The Kier molecular flexibility index (Phi) is 5.76. The number of nitrogens with zero attached hydrogens (tertiary/aromatic N) is 1. The second-order valence-electron chi connectivity index (χ2n) is 7.93. The molecule has 1 heterocycles. The van der Waals surface area contributed by atoms with Crippen molar-refractivity contribution >= 4 is 17.5 Å². The topological polar surface area (TPSA) is 58.6 Å². The number of aryl methyl sites for hydroxylation is 2. The van der Waals surface area contributed by atoms with Gasteiger partial charge in [0.05, 0.1) is 19.6 Å². The summed E-state index contributed by atoms with van der Waals surface area (Å²) in [5.74, 6) is 0.557. The summed E-state index contributed by atoms with van der Waals surface area (Å²) >= 11 is 0. The van der Waals surface area contributed by atoms with Crippen LogP contribution >= 0.6 is 0 Å². The molecule has 0 unspecified atom stereocenters. The molecule has 0 spiro atoms. The van der Waals surface area contributed by atoms with Crippen LogP contribution < -0.4 is 10.1 Å². The van der Waals surface area contributed by atoms with Gasteiger partial charge in [0.1, 0.15) is 5.75 Å². The third-order valence-electron chi connectivity index (χ3n) is 5.90. The van der Waals surface area contributed by atoms with Crippen molar-refractivity contribution in [1.82, 2.24) is 4.90 Å². The Morgan fingerprint density at radius 3 is 2.45 bits per heavy atom. The van der Waals surface area contributed by atoms with Crippen molar-refractivity contribution < 1.29 is 14.3 Å². The van der Waals surface area contributed by atoms with Crippen LogP contribution in [-0.2, 0) is 11.3 Å². The molecule has 1 aliphatic heterocycles. The molecule has 0 aliphatic carbocycles.